The fraction of sp³-hybridized carbons (Fsp3) is 0.786. The van der Waals surface area contributed by atoms with Crippen LogP contribution >= 0.6 is 0 Å². The molecule has 2 heterocycles. The van der Waals surface area contributed by atoms with Gasteiger partial charge in [-0.15, -0.1) is 0 Å². The van der Waals surface area contributed by atoms with Crippen molar-refractivity contribution in [2.24, 2.45) is 7.05 Å². The lowest BCUT2D eigenvalue weighted by Crippen LogP contribution is -2.43. The molecule has 1 aromatic heterocycles. The predicted molar refractivity (Wildman–Crippen MR) is 77.4 cm³/mol. The van der Waals surface area contributed by atoms with Gasteiger partial charge in [-0.1, -0.05) is 6.92 Å². The molecule has 1 saturated heterocycles. The van der Waals surface area contributed by atoms with E-state index in [4.69, 9.17) is 0 Å². The Balaban J connectivity index is 2.30. The number of hydrogen-bond acceptors (Lipinski definition) is 4. The van der Waals surface area contributed by atoms with E-state index in [2.05, 4.69) is 29.2 Å². The van der Waals surface area contributed by atoms with Gasteiger partial charge in [-0.25, -0.2) is 0 Å². The van der Waals surface area contributed by atoms with Gasteiger partial charge >= 0.3 is 0 Å². The number of aryl methyl sites for hydroxylation is 2. The summed E-state index contributed by atoms with van der Waals surface area (Å²) in [6, 6.07) is 0.240. The molecule has 0 radical (unpaired) electrons. The molecule has 1 aromatic rings. The highest BCUT2D eigenvalue weighted by molar-refractivity contribution is 5.51. The van der Waals surface area contributed by atoms with Crippen LogP contribution in [0.3, 0.4) is 0 Å². The zero-order valence-electron chi connectivity index (χ0n) is 12.3. The number of aliphatic hydroxyl groups excluding tert-OH is 1. The van der Waals surface area contributed by atoms with Crippen LogP contribution in [0.2, 0.25) is 0 Å². The number of nitrogens with one attached hydrogen (secondary N) is 1. The SMILES string of the molecule is CCNCc1c(C)nn(C)c1N1CCCCC1CO. The van der Waals surface area contributed by atoms with Crippen LogP contribution in [-0.2, 0) is 13.6 Å². The molecule has 0 bridgehead atoms. The molecule has 0 amide bonds. The van der Waals surface area contributed by atoms with Gasteiger partial charge in [0.05, 0.1) is 18.3 Å². The van der Waals surface area contributed by atoms with Gasteiger partial charge in [0, 0.05) is 25.7 Å². The first-order chi connectivity index (χ1) is 9.19. The average molecular weight is 266 g/mol. The van der Waals surface area contributed by atoms with Crippen LogP contribution in [0.15, 0.2) is 0 Å². The van der Waals surface area contributed by atoms with Crippen molar-refractivity contribution in [2.75, 3.05) is 24.6 Å². The number of aliphatic hydroxyl groups is 1. The van der Waals surface area contributed by atoms with E-state index < -0.39 is 0 Å². The Kier molecular flexibility index (Phi) is 4.82. The first kappa shape index (κ1) is 14.3. The third-order valence-corrected chi connectivity index (χ3v) is 3.97. The summed E-state index contributed by atoms with van der Waals surface area (Å²) in [6.45, 7) is 7.22. The Hall–Kier alpha value is -1.07. The van der Waals surface area contributed by atoms with Crippen molar-refractivity contribution < 1.29 is 5.11 Å². The lowest BCUT2D eigenvalue weighted by Gasteiger charge is -2.37. The van der Waals surface area contributed by atoms with Crippen molar-refractivity contribution in [3.05, 3.63) is 11.3 Å². The smallest absolute Gasteiger partial charge is 0.131 e. The van der Waals surface area contributed by atoms with Gasteiger partial charge in [0.15, 0.2) is 0 Å². The lowest BCUT2D eigenvalue weighted by atomic mass is 10.0. The lowest BCUT2D eigenvalue weighted by molar-refractivity contribution is 0.238. The Bertz CT molecular complexity index is 416. The van der Waals surface area contributed by atoms with Crippen LogP contribution in [-0.4, -0.2) is 40.6 Å². The molecule has 1 atom stereocenters. The topological polar surface area (TPSA) is 53.3 Å². The third kappa shape index (κ3) is 2.92. The molecule has 108 valence electrons. The van der Waals surface area contributed by atoms with Crippen LogP contribution in [0.4, 0.5) is 5.82 Å². The number of nitrogens with zero attached hydrogens (tertiary/aromatic N) is 3. The molecule has 0 aromatic carbocycles. The Labute approximate surface area is 115 Å². The quantitative estimate of drug-likeness (QED) is 0.840. The number of piperidine rings is 1. The number of anilines is 1. The van der Waals surface area contributed by atoms with E-state index in [1.807, 2.05) is 11.7 Å². The van der Waals surface area contributed by atoms with Crippen molar-refractivity contribution in [1.29, 1.82) is 0 Å². The Morgan fingerprint density at radius 2 is 2.21 bits per heavy atom. The molecule has 2 rings (SSSR count). The van der Waals surface area contributed by atoms with Gasteiger partial charge in [-0.05, 0) is 32.7 Å². The molecular weight excluding hydrogens is 240 g/mol. The van der Waals surface area contributed by atoms with Gasteiger partial charge in [-0.2, -0.15) is 5.10 Å². The van der Waals surface area contributed by atoms with E-state index in [1.54, 1.807) is 0 Å². The highest BCUT2D eigenvalue weighted by Crippen LogP contribution is 2.29. The fourth-order valence-corrected chi connectivity index (χ4v) is 2.98. The number of hydrogen-bond donors (Lipinski definition) is 2. The first-order valence-corrected chi connectivity index (χ1v) is 7.29. The average Bonchev–Trinajstić information content (AvgIpc) is 2.70. The molecule has 19 heavy (non-hydrogen) atoms. The highest BCUT2D eigenvalue weighted by atomic mass is 16.3. The summed E-state index contributed by atoms with van der Waals surface area (Å²) in [7, 11) is 2.00. The molecule has 1 unspecified atom stereocenters. The summed E-state index contributed by atoms with van der Waals surface area (Å²) in [5.41, 5.74) is 2.35. The van der Waals surface area contributed by atoms with Crippen molar-refractivity contribution in [1.82, 2.24) is 15.1 Å². The van der Waals surface area contributed by atoms with E-state index in [9.17, 15) is 5.11 Å². The van der Waals surface area contributed by atoms with Gasteiger partial charge in [0.25, 0.3) is 0 Å². The Morgan fingerprint density at radius 1 is 1.42 bits per heavy atom. The second kappa shape index (κ2) is 6.39. The third-order valence-electron chi connectivity index (χ3n) is 3.97. The summed E-state index contributed by atoms with van der Waals surface area (Å²) in [5.74, 6) is 1.18. The number of aromatic nitrogens is 2. The van der Waals surface area contributed by atoms with Gasteiger partial charge < -0.3 is 15.3 Å². The van der Waals surface area contributed by atoms with Crippen LogP contribution in [0, 0.1) is 6.92 Å². The maximum atomic E-state index is 9.60. The molecule has 5 heteroatoms. The fourth-order valence-electron chi connectivity index (χ4n) is 2.98. The summed E-state index contributed by atoms with van der Waals surface area (Å²) >= 11 is 0. The molecule has 0 spiro atoms. The zero-order chi connectivity index (χ0) is 13.8. The highest BCUT2D eigenvalue weighted by Gasteiger charge is 2.27. The Morgan fingerprint density at radius 3 is 2.89 bits per heavy atom. The minimum atomic E-state index is 0.227. The van der Waals surface area contributed by atoms with Crippen molar-refractivity contribution in [3.63, 3.8) is 0 Å². The second-order valence-electron chi connectivity index (χ2n) is 5.32. The largest absolute Gasteiger partial charge is 0.394 e. The van der Waals surface area contributed by atoms with Gasteiger partial charge in [0.2, 0.25) is 0 Å². The van der Waals surface area contributed by atoms with E-state index in [0.29, 0.717) is 0 Å². The van der Waals surface area contributed by atoms with Crippen LogP contribution in [0.5, 0.6) is 0 Å². The molecule has 5 nitrogen and oxygen atoms in total. The van der Waals surface area contributed by atoms with Crippen molar-refractivity contribution >= 4 is 5.82 Å². The molecule has 1 aliphatic rings. The minimum Gasteiger partial charge on any atom is -0.394 e. The van der Waals surface area contributed by atoms with Gasteiger partial charge in [-0.3, -0.25) is 4.68 Å². The summed E-state index contributed by atoms with van der Waals surface area (Å²) in [6.07, 6.45) is 3.48. The van der Waals surface area contributed by atoms with Gasteiger partial charge in [0.1, 0.15) is 5.82 Å². The zero-order valence-corrected chi connectivity index (χ0v) is 12.3. The van der Waals surface area contributed by atoms with Crippen LogP contribution in [0.1, 0.15) is 37.4 Å². The molecule has 0 saturated carbocycles. The summed E-state index contributed by atoms with van der Waals surface area (Å²) < 4.78 is 1.97. The van der Waals surface area contributed by atoms with Crippen LogP contribution in [0.25, 0.3) is 0 Å². The maximum Gasteiger partial charge on any atom is 0.131 e. The van der Waals surface area contributed by atoms with Crippen LogP contribution < -0.4 is 10.2 Å². The molecule has 0 aliphatic carbocycles. The molecule has 2 N–H and O–H groups in total. The molecule has 1 fully saturated rings. The monoisotopic (exact) mass is 266 g/mol. The summed E-state index contributed by atoms with van der Waals surface area (Å²) in [5, 5.41) is 17.6. The van der Waals surface area contributed by atoms with E-state index in [0.717, 1.165) is 31.7 Å². The first-order valence-electron chi connectivity index (χ1n) is 7.29. The van der Waals surface area contributed by atoms with E-state index >= 15 is 0 Å². The van der Waals surface area contributed by atoms with E-state index in [-0.39, 0.29) is 12.6 Å². The molecular formula is C14H26N4O. The van der Waals surface area contributed by atoms with E-state index in [1.165, 1.54) is 24.2 Å². The summed E-state index contributed by atoms with van der Waals surface area (Å²) in [4.78, 5) is 2.34. The van der Waals surface area contributed by atoms with Crippen molar-refractivity contribution in [2.45, 2.75) is 45.7 Å². The second-order valence-corrected chi connectivity index (χ2v) is 5.32. The van der Waals surface area contributed by atoms with Crippen molar-refractivity contribution in [3.8, 4) is 0 Å². The standard InChI is InChI=1S/C14H26N4O/c1-4-15-9-13-11(2)16-17(3)14(13)18-8-6-5-7-12(18)10-19/h12,15,19H,4-10H2,1-3H3. The predicted octanol–water partition coefficient (Wildman–Crippen LogP) is 1.19. The molecule has 1 aliphatic heterocycles. The normalized spacial score (nSPS) is 20.0. The number of rotatable bonds is 5. The maximum absolute atomic E-state index is 9.60. The minimum absolute atomic E-state index is 0.227.